The number of phenols is 2. The van der Waals surface area contributed by atoms with Gasteiger partial charge in [-0.2, -0.15) is 0 Å². The molecule has 0 bridgehead atoms. The molecule has 0 unspecified atom stereocenters. The van der Waals surface area contributed by atoms with Crippen LogP contribution in [0.2, 0.25) is 0 Å². The Bertz CT molecular complexity index is 370. The van der Waals surface area contributed by atoms with Crippen LogP contribution in [-0.4, -0.2) is 48.3 Å². The smallest absolute Gasteiger partial charge is 0.338 e. The van der Waals surface area contributed by atoms with Crippen molar-refractivity contribution in [3.05, 3.63) is 23.8 Å². The van der Waals surface area contributed by atoms with Gasteiger partial charge in [-0.25, -0.2) is 4.79 Å². The molecule has 17 heavy (non-hydrogen) atoms. The molecule has 0 heterocycles. The average molecular weight is 239 g/mol. The monoisotopic (exact) mass is 239 g/mol. The van der Waals surface area contributed by atoms with Gasteiger partial charge in [0.05, 0.1) is 12.2 Å². The lowest BCUT2D eigenvalue weighted by molar-refractivity contribution is 0.0492. The third-order valence-electron chi connectivity index (χ3n) is 2.12. The number of benzene rings is 1. The molecule has 1 aromatic carbocycles. The fraction of sp³-hybridized carbons (Fsp3) is 0.417. The number of nitrogens with zero attached hydrogens (tertiary/aromatic N) is 1. The Kier molecular flexibility index (Phi) is 4.78. The largest absolute Gasteiger partial charge is 0.508 e. The molecule has 0 atom stereocenters. The van der Waals surface area contributed by atoms with Crippen molar-refractivity contribution in [2.45, 2.75) is 6.42 Å². The van der Waals surface area contributed by atoms with Gasteiger partial charge in [-0.15, -0.1) is 0 Å². The van der Waals surface area contributed by atoms with E-state index in [-0.39, 0.29) is 17.1 Å². The first-order chi connectivity index (χ1) is 7.99. The Morgan fingerprint density at radius 3 is 2.35 bits per heavy atom. The molecule has 0 saturated heterocycles. The molecule has 0 aromatic heterocycles. The molecule has 5 heteroatoms. The lowest BCUT2D eigenvalue weighted by atomic mass is 10.2. The van der Waals surface area contributed by atoms with Crippen LogP contribution in [0.4, 0.5) is 0 Å². The number of carbonyl (C=O) groups excluding carboxylic acids is 1. The number of esters is 1. The van der Waals surface area contributed by atoms with E-state index < -0.39 is 5.97 Å². The zero-order chi connectivity index (χ0) is 12.8. The molecule has 0 radical (unpaired) electrons. The van der Waals surface area contributed by atoms with Gasteiger partial charge in [0, 0.05) is 12.6 Å². The van der Waals surface area contributed by atoms with Crippen molar-refractivity contribution in [3.63, 3.8) is 0 Å². The highest BCUT2D eigenvalue weighted by molar-refractivity contribution is 5.90. The van der Waals surface area contributed by atoms with Crippen LogP contribution in [0.15, 0.2) is 18.2 Å². The van der Waals surface area contributed by atoms with E-state index >= 15 is 0 Å². The zero-order valence-corrected chi connectivity index (χ0v) is 10.0. The quantitative estimate of drug-likeness (QED) is 0.597. The molecule has 0 aliphatic carbocycles. The summed E-state index contributed by atoms with van der Waals surface area (Å²) in [6, 6.07) is 3.67. The predicted octanol–water partition coefficient (Wildman–Crippen LogP) is 1.21. The number of hydrogen-bond donors (Lipinski definition) is 2. The van der Waals surface area contributed by atoms with Crippen LogP contribution >= 0.6 is 0 Å². The highest BCUT2D eigenvalue weighted by Crippen LogP contribution is 2.20. The number of ether oxygens (including phenoxy) is 1. The van der Waals surface area contributed by atoms with E-state index in [1.165, 1.54) is 12.1 Å². The minimum absolute atomic E-state index is 0.146. The third-order valence-corrected chi connectivity index (χ3v) is 2.12. The second kappa shape index (κ2) is 6.10. The van der Waals surface area contributed by atoms with Gasteiger partial charge in [0.1, 0.15) is 11.5 Å². The third kappa shape index (κ3) is 4.74. The SMILES string of the molecule is CN(C)CCCOC(=O)c1cc(O)cc(O)c1. The maximum Gasteiger partial charge on any atom is 0.338 e. The van der Waals surface area contributed by atoms with Crippen LogP contribution in [0.3, 0.4) is 0 Å². The highest BCUT2D eigenvalue weighted by Gasteiger charge is 2.09. The van der Waals surface area contributed by atoms with Crippen molar-refractivity contribution < 1.29 is 19.7 Å². The first-order valence-electron chi connectivity index (χ1n) is 5.34. The van der Waals surface area contributed by atoms with Crippen molar-refractivity contribution in [2.75, 3.05) is 27.2 Å². The van der Waals surface area contributed by atoms with Gasteiger partial charge < -0.3 is 19.8 Å². The molecule has 94 valence electrons. The maximum atomic E-state index is 11.5. The average Bonchev–Trinajstić information content (AvgIpc) is 2.22. The number of aromatic hydroxyl groups is 2. The van der Waals surface area contributed by atoms with Gasteiger partial charge in [0.25, 0.3) is 0 Å². The molecule has 5 nitrogen and oxygen atoms in total. The van der Waals surface area contributed by atoms with Crippen LogP contribution in [0.25, 0.3) is 0 Å². The van der Waals surface area contributed by atoms with Gasteiger partial charge in [-0.3, -0.25) is 0 Å². The van der Waals surface area contributed by atoms with Crippen LogP contribution in [-0.2, 0) is 4.74 Å². The van der Waals surface area contributed by atoms with Crippen LogP contribution < -0.4 is 0 Å². The summed E-state index contributed by atoms with van der Waals surface area (Å²) < 4.78 is 5.00. The summed E-state index contributed by atoms with van der Waals surface area (Å²) >= 11 is 0. The Labute approximate surface area is 100 Å². The summed E-state index contributed by atoms with van der Waals surface area (Å²) in [5.74, 6) is -0.870. The Morgan fingerprint density at radius 2 is 1.82 bits per heavy atom. The zero-order valence-electron chi connectivity index (χ0n) is 10.0. The number of carbonyl (C=O) groups is 1. The first-order valence-corrected chi connectivity index (χ1v) is 5.34. The van der Waals surface area contributed by atoms with Gasteiger partial charge in [0.15, 0.2) is 0 Å². The highest BCUT2D eigenvalue weighted by atomic mass is 16.5. The Hall–Kier alpha value is -1.75. The second-order valence-electron chi connectivity index (χ2n) is 4.03. The normalized spacial score (nSPS) is 10.5. The summed E-state index contributed by atoms with van der Waals surface area (Å²) in [5, 5.41) is 18.4. The fourth-order valence-electron chi connectivity index (χ4n) is 1.34. The second-order valence-corrected chi connectivity index (χ2v) is 4.03. The van der Waals surface area contributed by atoms with E-state index in [1.54, 1.807) is 0 Å². The van der Waals surface area contributed by atoms with Crippen molar-refractivity contribution in [1.29, 1.82) is 0 Å². The molecular weight excluding hydrogens is 222 g/mol. The van der Waals surface area contributed by atoms with Crippen LogP contribution in [0, 0.1) is 0 Å². The van der Waals surface area contributed by atoms with Crippen molar-refractivity contribution in [2.24, 2.45) is 0 Å². The van der Waals surface area contributed by atoms with E-state index in [1.807, 2.05) is 19.0 Å². The van der Waals surface area contributed by atoms with Gasteiger partial charge in [-0.05, 0) is 32.6 Å². The molecule has 0 saturated carbocycles. The fourth-order valence-corrected chi connectivity index (χ4v) is 1.34. The molecular formula is C12H17NO4. The lowest BCUT2D eigenvalue weighted by Crippen LogP contribution is -2.16. The summed E-state index contributed by atoms with van der Waals surface area (Å²) in [5.41, 5.74) is 0.146. The first kappa shape index (κ1) is 13.3. The van der Waals surface area contributed by atoms with E-state index in [0.717, 1.165) is 19.0 Å². The lowest BCUT2D eigenvalue weighted by Gasteiger charge is -2.09. The summed E-state index contributed by atoms with van der Waals surface area (Å²) in [4.78, 5) is 13.5. The summed E-state index contributed by atoms with van der Waals surface area (Å²) in [7, 11) is 3.88. The topological polar surface area (TPSA) is 70.0 Å². The number of phenolic OH excluding ortho intramolecular Hbond substituents is 2. The van der Waals surface area contributed by atoms with Crippen LogP contribution in [0.1, 0.15) is 16.8 Å². The Morgan fingerprint density at radius 1 is 1.24 bits per heavy atom. The van der Waals surface area contributed by atoms with Crippen molar-refractivity contribution in [1.82, 2.24) is 4.90 Å². The minimum Gasteiger partial charge on any atom is -0.508 e. The molecule has 1 rings (SSSR count). The molecule has 0 fully saturated rings. The maximum absolute atomic E-state index is 11.5. The predicted molar refractivity (Wildman–Crippen MR) is 63.2 cm³/mol. The van der Waals surface area contributed by atoms with Gasteiger partial charge >= 0.3 is 5.97 Å². The summed E-state index contributed by atoms with van der Waals surface area (Å²) in [6.07, 6.45) is 0.740. The molecule has 0 aliphatic heterocycles. The van der Waals surface area contributed by atoms with Gasteiger partial charge in [-0.1, -0.05) is 0 Å². The van der Waals surface area contributed by atoms with Crippen LogP contribution in [0.5, 0.6) is 11.5 Å². The number of hydrogen-bond acceptors (Lipinski definition) is 5. The van der Waals surface area contributed by atoms with E-state index in [0.29, 0.717) is 6.61 Å². The molecule has 0 spiro atoms. The Balaban J connectivity index is 2.47. The van der Waals surface area contributed by atoms with E-state index in [9.17, 15) is 15.0 Å². The molecule has 0 aliphatic rings. The standard InChI is InChI=1S/C12H17NO4/c1-13(2)4-3-5-17-12(16)9-6-10(14)8-11(15)7-9/h6-8,14-15H,3-5H2,1-2H3. The molecule has 0 amide bonds. The van der Waals surface area contributed by atoms with E-state index in [2.05, 4.69) is 0 Å². The summed E-state index contributed by atoms with van der Waals surface area (Å²) in [6.45, 7) is 1.14. The molecule has 2 N–H and O–H groups in total. The van der Waals surface area contributed by atoms with Gasteiger partial charge in [0.2, 0.25) is 0 Å². The van der Waals surface area contributed by atoms with Crippen molar-refractivity contribution >= 4 is 5.97 Å². The minimum atomic E-state index is -0.546. The van der Waals surface area contributed by atoms with Crippen molar-refractivity contribution in [3.8, 4) is 11.5 Å². The molecule has 1 aromatic rings. The number of rotatable bonds is 5. The van der Waals surface area contributed by atoms with E-state index in [4.69, 9.17) is 4.74 Å².